The van der Waals surface area contributed by atoms with Crippen LogP contribution in [0, 0.1) is 0 Å². The molecule has 2 unspecified atom stereocenters. The number of carboxylic acid groups (broad SMARTS) is 2. The molecule has 0 radical (unpaired) electrons. The van der Waals surface area contributed by atoms with Gasteiger partial charge in [-0.05, 0) is 63.9 Å². The fourth-order valence-electron chi connectivity index (χ4n) is 3.16. The Hall–Kier alpha value is 0.823. The summed E-state index contributed by atoms with van der Waals surface area (Å²) in [6.07, 6.45) is 4.78. The van der Waals surface area contributed by atoms with Gasteiger partial charge in [0, 0.05) is 23.3 Å². The minimum atomic E-state index is -1.48. The van der Waals surface area contributed by atoms with Crippen LogP contribution >= 0.6 is 50.5 Å². The first-order chi connectivity index (χ1) is 17.8. The molecule has 0 saturated carbocycles. The normalized spacial score (nSPS) is 14.8. The molecule has 2 amide bonds. The fourth-order valence-corrected chi connectivity index (χ4v) is 4.82. The number of amides is 2. The standard InChI is InChI=1S/2C12H23NO4S2.Na.Zn.H/c2*1-8(14)11(12(16)17)13-10(15)5-3-2-4-9(19)6-7-18;;;/h2*8-9,11,14,18-19H,2-7H2,1H3,(H,13,15)(H,16,17);;;/q;;;+2;/p-2/t2*8-,9?,11+;;;/m11.../s1. The third-order valence-electron chi connectivity index (χ3n) is 5.41. The zero-order chi connectivity index (χ0) is 29.7. The van der Waals surface area contributed by atoms with Crippen molar-refractivity contribution in [2.24, 2.45) is 0 Å². The molecule has 226 valence electrons. The maximum absolute atomic E-state index is 11.5. The van der Waals surface area contributed by atoms with Gasteiger partial charge in [-0.2, -0.15) is 50.5 Å². The van der Waals surface area contributed by atoms with Crippen LogP contribution in [0.5, 0.6) is 0 Å². The van der Waals surface area contributed by atoms with Crippen LogP contribution in [0.25, 0.3) is 0 Å². The van der Waals surface area contributed by atoms with Crippen LogP contribution in [0.3, 0.4) is 0 Å². The molecule has 4 N–H and O–H groups in total. The summed E-state index contributed by atoms with van der Waals surface area (Å²) in [4.78, 5) is 44.3. The van der Waals surface area contributed by atoms with Crippen molar-refractivity contribution in [3.8, 4) is 0 Å². The number of aliphatic hydroxyl groups is 2. The van der Waals surface area contributed by atoms with Crippen LogP contribution in [0.1, 0.15) is 78.1 Å². The van der Waals surface area contributed by atoms with Crippen molar-refractivity contribution in [3.05, 3.63) is 0 Å². The van der Waals surface area contributed by atoms with Gasteiger partial charge in [0.15, 0.2) is 0 Å². The minimum Gasteiger partial charge on any atom is 2.00 e. The first kappa shape index (κ1) is 47.7. The number of carbonyl (C=O) groups excluding carboxylic acids is 4. The molecule has 0 aliphatic carbocycles. The second kappa shape index (κ2) is 29.9. The van der Waals surface area contributed by atoms with E-state index in [1.165, 1.54) is 13.8 Å². The molecule has 0 bridgehead atoms. The molecule has 0 heterocycles. The molecule has 0 aromatic heterocycles. The van der Waals surface area contributed by atoms with E-state index in [4.69, 9.17) is 0 Å². The van der Waals surface area contributed by atoms with Crippen LogP contribution in [0.4, 0.5) is 0 Å². The van der Waals surface area contributed by atoms with Crippen LogP contribution in [-0.2, 0) is 38.7 Å². The zero-order valence-electron chi connectivity index (χ0n) is 22.8. The van der Waals surface area contributed by atoms with Gasteiger partial charge in [-0.3, -0.25) is 9.59 Å². The summed E-state index contributed by atoms with van der Waals surface area (Å²) in [5, 5.41) is 44.8. The molecule has 40 heavy (non-hydrogen) atoms. The largest absolute Gasteiger partial charge is 2.00 e. The smallest absolute Gasteiger partial charge is 2.00 e. The van der Waals surface area contributed by atoms with E-state index >= 15 is 0 Å². The minimum absolute atomic E-state index is 0. The number of hydrogen-bond acceptors (Lipinski definition) is 12. The van der Waals surface area contributed by atoms with Crippen LogP contribution in [0.2, 0.25) is 0 Å². The number of thiol groups is 4. The Bertz CT molecular complexity index is 643. The van der Waals surface area contributed by atoms with Crippen LogP contribution < -0.4 is 20.8 Å². The van der Waals surface area contributed by atoms with E-state index in [-0.39, 0.29) is 84.2 Å². The molecule has 0 aromatic rings. The summed E-state index contributed by atoms with van der Waals surface area (Å²) in [6, 6.07) is -2.70. The fraction of sp³-hybridized carbons (Fsp3) is 0.833. The molecule has 0 aromatic carbocycles. The van der Waals surface area contributed by atoms with Crippen molar-refractivity contribution in [1.29, 1.82) is 0 Å². The maximum atomic E-state index is 11.5. The molecule has 16 heteroatoms. The Morgan fingerprint density at radius 3 is 1.20 bits per heavy atom. The summed E-state index contributed by atoms with van der Waals surface area (Å²) in [7, 11) is 0. The van der Waals surface area contributed by atoms with E-state index in [1.807, 2.05) is 0 Å². The molecule has 6 atom stereocenters. The van der Waals surface area contributed by atoms with Gasteiger partial charge in [0.05, 0.1) is 36.2 Å². The van der Waals surface area contributed by atoms with Gasteiger partial charge >= 0.3 is 49.0 Å². The predicted molar refractivity (Wildman–Crippen MR) is 164 cm³/mol. The Kier molecular flexibility index (Phi) is 35.7. The SMILES string of the molecule is C[C@@H](O)[C@H](NC(=O)CCCCC(S)CCS)C(=O)[O-].C[C@@H](O)[C@H](NC(=O)CCCCC(S)CCS)C(=O)[O-].[NaH].[Zn+2]. The van der Waals surface area contributed by atoms with E-state index in [1.54, 1.807) is 0 Å². The number of carbonyl (C=O) groups is 4. The molecule has 0 aliphatic rings. The number of aliphatic hydroxyl groups excluding tert-OH is 2. The van der Waals surface area contributed by atoms with Crippen molar-refractivity contribution < 1.29 is 59.1 Å². The Balaban J connectivity index is -0.000000309. The molecule has 0 rings (SSSR count). The summed E-state index contributed by atoms with van der Waals surface area (Å²) in [5.41, 5.74) is 0. The summed E-state index contributed by atoms with van der Waals surface area (Å²) in [5.74, 6) is -2.16. The molecule has 0 saturated heterocycles. The average molecular weight is 706 g/mol. The topological polar surface area (TPSA) is 179 Å². The van der Waals surface area contributed by atoms with Crippen molar-refractivity contribution >= 4 is 104 Å². The summed E-state index contributed by atoms with van der Waals surface area (Å²) < 4.78 is 0. The predicted octanol–water partition coefficient (Wildman–Crippen LogP) is -1.09. The van der Waals surface area contributed by atoms with Gasteiger partial charge in [0.25, 0.3) is 0 Å². The van der Waals surface area contributed by atoms with Crippen molar-refractivity contribution in [2.45, 2.75) is 113 Å². The quantitative estimate of drug-likeness (QED) is 0.0448. The molecular weight excluding hydrogens is 661 g/mol. The van der Waals surface area contributed by atoms with E-state index in [0.29, 0.717) is 12.8 Å². The Morgan fingerprint density at radius 1 is 0.675 bits per heavy atom. The van der Waals surface area contributed by atoms with Gasteiger partial charge < -0.3 is 40.6 Å². The van der Waals surface area contributed by atoms with Gasteiger partial charge in [-0.1, -0.05) is 12.8 Å². The maximum Gasteiger partial charge on any atom is 2.00 e. The van der Waals surface area contributed by atoms with Crippen LogP contribution in [0.15, 0.2) is 0 Å². The van der Waals surface area contributed by atoms with E-state index < -0.39 is 36.2 Å². The van der Waals surface area contributed by atoms with Gasteiger partial charge in [-0.25, -0.2) is 0 Å². The molecule has 10 nitrogen and oxygen atoms in total. The third kappa shape index (κ3) is 27.6. The van der Waals surface area contributed by atoms with Crippen molar-refractivity contribution in [1.82, 2.24) is 10.6 Å². The summed E-state index contributed by atoms with van der Waals surface area (Å²) in [6.45, 7) is 2.59. The van der Waals surface area contributed by atoms with Gasteiger partial charge in [0.1, 0.15) is 0 Å². The first-order valence-corrected chi connectivity index (χ1v) is 15.0. The molecular formula is C24H45N2NaO8S4Zn. The third-order valence-corrected chi connectivity index (χ3v) is 6.96. The number of carboxylic acids is 2. The number of hydrogen-bond donors (Lipinski definition) is 8. The number of rotatable bonds is 20. The van der Waals surface area contributed by atoms with Gasteiger partial charge in [-0.15, -0.1) is 0 Å². The monoisotopic (exact) mass is 704 g/mol. The van der Waals surface area contributed by atoms with Crippen LogP contribution in [-0.4, -0.2) is 110 Å². The Morgan fingerprint density at radius 2 is 0.975 bits per heavy atom. The second-order valence-corrected chi connectivity index (χ2v) is 11.4. The van der Waals surface area contributed by atoms with Crippen molar-refractivity contribution in [3.63, 3.8) is 0 Å². The van der Waals surface area contributed by atoms with E-state index in [2.05, 4.69) is 61.1 Å². The van der Waals surface area contributed by atoms with Gasteiger partial charge in [0.2, 0.25) is 11.8 Å². The summed E-state index contributed by atoms with van der Waals surface area (Å²) >= 11 is 17.0. The molecule has 0 aliphatic heterocycles. The number of nitrogens with one attached hydrogen (secondary N) is 2. The van der Waals surface area contributed by atoms with E-state index in [0.717, 1.165) is 50.0 Å². The molecule has 0 spiro atoms. The Labute approximate surface area is 295 Å². The number of unbranched alkanes of at least 4 members (excludes halogenated alkanes) is 2. The van der Waals surface area contributed by atoms with E-state index in [9.17, 15) is 39.6 Å². The van der Waals surface area contributed by atoms with Crippen molar-refractivity contribution in [2.75, 3.05) is 11.5 Å². The number of aliphatic carboxylic acids is 2. The first-order valence-electron chi connectivity index (χ1n) is 12.7. The zero-order valence-corrected chi connectivity index (χ0v) is 29.3. The average Bonchev–Trinajstić information content (AvgIpc) is 2.81. The molecule has 0 fully saturated rings. The second-order valence-electron chi connectivity index (χ2n) is 9.03.